The lowest BCUT2D eigenvalue weighted by molar-refractivity contribution is -0.131. The summed E-state index contributed by atoms with van der Waals surface area (Å²) in [6.07, 6.45) is -0.246. The van der Waals surface area contributed by atoms with E-state index in [-0.39, 0.29) is 17.6 Å². The topological polar surface area (TPSA) is 88.9 Å². The summed E-state index contributed by atoms with van der Waals surface area (Å²) >= 11 is 0. The van der Waals surface area contributed by atoms with Gasteiger partial charge in [-0.05, 0) is 18.4 Å². The number of carbonyl (C=O) groups is 1. The first-order valence-electron chi connectivity index (χ1n) is 11.4. The van der Waals surface area contributed by atoms with Crippen molar-refractivity contribution >= 4 is 22.8 Å². The first-order chi connectivity index (χ1) is 14.7. The van der Waals surface area contributed by atoms with Crippen molar-refractivity contribution in [2.24, 2.45) is 5.89 Å². The van der Waals surface area contributed by atoms with Crippen LogP contribution >= 0.6 is 0 Å². The van der Waals surface area contributed by atoms with Crippen LogP contribution < -0.4 is 4.90 Å². The van der Waals surface area contributed by atoms with Crippen LogP contribution in [0.3, 0.4) is 0 Å². The summed E-state index contributed by atoms with van der Waals surface area (Å²) in [5.41, 5.74) is 0.0931. The third-order valence-corrected chi connectivity index (χ3v) is 3.67. The highest BCUT2D eigenvalue weighted by Gasteiger charge is 2.32. The maximum Gasteiger partial charge on any atom is 0.236 e. The number of anilines is 1. The van der Waals surface area contributed by atoms with E-state index in [0.717, 1.165) is 4.90 Å². The van der Waals surface area contributed by atoms with Crippen LogP contribution in [-0.4, -0.2) is 51.8 Å². The molecule has 1 saturated heterocycles. The minimum Gasteiger partial charge on any atom is -0.354 e. The Morgan fingerprint density at radius 2 is 2.65 bits per heavy atom. The molecule has 1 fully saturated rings. The summed E-state index contributed by atoms with van der Waals surface area (Å²) < 4.78 is 74.0. The highest BCUT2D eigenvalue weighted by Crippen LogP contribution is 2.28. The number of carbonyl (C=O) groups excluding carboxylic acids is 1. The average Bonchev–Trinajstić information content (AvgIpc) is 3.10. The van der Waals surface area contributed by atoms with Gasteiger partial charge in [0.15, 0.2) is 0 Å². The Balaban J connectivity index is 2.30. The van der Waals surface area contributed by atoms with Crippen molar-refractivity contribution in [3.8, 4) is 6.07 Å². The zero-order chi connectivity index (χ0) is 24.1. The van der Waals surface area contributed by atoms with Crippen molar-refractivity contribution in [1.29, 1.82) is 5.26 Å². The van der Waals surface area contributed by atoms with E-state index in [1.807, 2.05) is 0 Å². The quantitative estimate of drug-likeness (QED) is 0.926. The molecule has 1 aliphatic heterocycles. The van der Waals surface area contributed by atoms with E-state index in [2.05, 4.69) is 15.0 Å². The summed E-state index contributed by atoms with van der Waals surface area (Å²) in [6, 6.07) is 0.351. The second kappa shape index (κ2) is 6.24. The van der Waals surface area contributed by atoms with Gasteiger partial charge in [0.1, 0.15) is 25.6 Å². The molecular weight excluding hydrogens is 292 g/mol. The smallest absolute Gasteiger partial charge is 0.236 e. The predicted molar refractivity (Wildman–Crippen MR) is 86.7 cm³/mol. The number of amides is 1. The number of aromatic nitrogens is 3. The lowest BCUT2D eigenvalue weighted by atomic mass is 9.92. The number of nitrogens with zero attached hydrogens (tertiary/aromatic N) is 5. The van der Waals surface area contributed by atoms with Gasteiger partial charge in [-0.3, -0.25) is 4.79 Å². The molecule has 2 atom stereocenters. The van der Waals surface area contributed by atoms with Gasteiger partial charge < -0.3 is 14.8 Å². The van der Waals surface area contributed by atoms with Crippen molar-refractivity contribution in [3.05, 3.63) is 18.6 Å². The lowest BCUT2D eigenvalue weighted by Gasteiger charge is -2.42. The van der Waals surface area contributed by atoms with Crippen LogP contribution in [0.5, 0.6) is 0 Å². The number of piperidine rings is 1. The molecule has 2 aromatic heterocycles. The first-order valence-corrected chi connectivity index (χ1v) is 6.92. The number of hydrogen-bond acceptors (Lipinski definition) is 5. The molecule has 0 unspecified atom stereocenters. The molecule has 23 heavy (non-hydrogen) atoms. The van der Waals surface area contributed by atoms with Crippen LogP contribution in [0.2, 0.25) is 0 Å². The average molecular weight is 321 g/mol. The number of likely N-dealkylation sites (tertiary alicyclic amines) is 1. The Labute approximate surface area is 147 Å². The van der Waals surface area contributed by atoms with Crippen LogP contribution in [0.15, 0.2) is 18.6 Å². The van der Waals surface area contributed by atoms with Crippen molar-refractivity contribution < 1.29 is 17.1 Å². The van der Waals surface area contributed by atoms with Crippen LogP contribution in [0.4, 0.5) is 5.82 Å². The highest BCUT2D eigenvalue weighted by atomic mass is 16.2. The molecule has 0 spiro atoms. The van der Waals surface area contributed by atoms with Gasteiger partial charge in [-0.25, -0.2) is 9.97 Å². The number of likely N-dealkylation sites (N-methyl/N-ethyl adjacent to an activating group) is 1. The number of rotatable bonds is 3. The van der Waals surface area contributed by atoms with Gasteiger partial charge in [0, 0.05) is 35.9 Å². The lowest BCUT2D eigenvalue weighted by Crippen LogP contribution is -2.52. The highest BCUT2D eigenvalue weighted by molar-refractivity contribution is 5.87. The summed E-state index contributed by atoms with van der Waals surface area (Å²) in [5.74, 6) is -3.78. The normalized spacial score (nSPS) is 34.4. The van der Waals surface area contributed by atoms with Crippen LogP contribution in [-0.2, 0) is 4.79 Å². The van der Waals surface area contributed by atoms with Crippen LogP contribution in [0.25, 0.3) is 11.0 Å². The molecule has 7 heteroatoms. The van der Waals surface area contributed by atoms with Gasteiger partial charge in [0.2, 0.25) is 5.91 Å². The van der Waals surface area contributed by atoms with E-state index in [4.69, 9.17) is 17.6 Å². The number of hydrogen-bond donors (Lipinski definition) is 1. The third-order valence-electron chi connectivity index (χ3n) is 3.67. The molecular formula is C16H20N6O. The molecule has 120 valence electrons. The van der Waals surface area contributed by atoms with E-state index in [0.29, 0.717) is 4.90 Å². The van der Waals surface area contributed by atoms with E-state index < -0.39 is 63.2 Å². The minimum absolute atomic E-state index is 0.0931. The molecule has 7 nitrogen and oxygen atoms in total. The van der Waals surface area contributed by atoms with E-state index in [1.54, 1.807) is 6.07 Å². The number of aromatic amines is 1. The molecule has 1 N–H and O–H groups in total. The summed E-state index contributed by atoms with van der Waals surface area (Å²) in [4.78, 5) is 24.3. The van der Waals surface area contributed by atoms with Crippen molar-refractivity contribution in [3.63, 3.8) is 0 Å². The number of fused-ring (bicyclic) bond motifs is 1. The van der Waals surface area contributed by atoms with E-state index >= 15 is 0 Å². The number of nitriles is 1. The molecule has 1 aliphatic rings. The molecule has 3 rings (SSSR count). The van der Waals surface area contributed by atoms with E-state index in [9.17, 15) is 4.79 Å². The SMILES string of the molecule is [2H]c1nc(N(C([2H])([2H])[2H])[C@]2([2H])CN(C(=O)CC#N)CC[C@]2([2H])C([2H])([2H])[2H])c2cc[nH]c2n1. The number of H-pyrrole nitrogens is 1. The first kappa shape index (κ1) is 7.77. The van der Waals surface area contributed by atoms with Gasteiger partial charge in [0.05, 0.1) is 18.8 Å². The van der Waals surface area contributed by atoms with Gasteiger partial charge >= 0.3 is 0 Å². The molecule has 0 bridgehead atoms. The van der Waals surface area contributed by atoms with Crippen LogP contribution in [0, 0.1) is 17.2 Å². The largest absolute Gasteiger partial charge is 0.354 e. The molecule has 2 aromatic rings. The summed E-state index contributed by atoms with van der Waals surface area (Å²) in [7, 11) is 0. The minimum atomic E-state index is -3.18. The maximum atomic E-state index is 12.4. The Hall–Kier alpha value is -2.62. The standard InChI is InChI=1S/C16H20N6O/c1-11-5-8-22(14(23)3-6-17)9-13(11)21(2)16-12-4-7-18-15(12)19-10-20-16/h4,7,10-11,13H,3,5,8-9H2,1-2H3,(H,18,19,20)/t11-,13+/m0/s1/i1D3,2D3,10D,11D,13D. The maximum absolute atomic E-state index is 12.4. The molecule has 0 aromatic carbocycles. The molecule has 0 saturated carbocycles. The zero-order valence-corrected chi connectivity index (χ0v) is 12.1. The van der Waals surface area contributed by atoms with Crippen molar-refractivity contribution in [1.82, 2.24) is 19.9 Å². The monoisotopic (exact) mass is 321 g/mol. The molecule has 1 amide bonds. The molecule has 3 heterocycles. The Kier molecular flexibility index (Phi) is 2.11. The molecule has 0 radical (unpaired) electrons. The Morgan fingerprint density at radius 3 is 3.43 bits per heavy atom. The summed E-state index contributed by atoms with van der Waals surface area (Å²) in [5, 5.41) is 8.97. The number of nitrogens with one attached hydrogen (secondary N) is 1. The van der Waals surface area contributed by atoms with Crippen molar-refractivity contribution in [2.75, 3.05) is 25.0 Å². The zero-order valence-electron chi connectivity index (χ0n) is 21.1. The summed E-state index contributed by atoms with van der Waals surface area (Å²) in [6.45, 7) is -7.27. The molecule has 0 aliphatic carbocycles. The van der Waals surface area contributed by atoms with Gasteiger partial charge in [-0.1, -0.05) is 6.85 Å². The third kappa shape index (κ3) is 2.84. The fourth-order valence-corrected chi connectivity index (χ4v) is 2.46. The van der Waals surface area contributed by atoms with Crippen molar-refractivity contribution in [2.45, 2.75) is 25.7 Å². The second-order valence-corrected chi connectivity index (χ2v) is 5.05. The van der Waals surface area contributed by atoms with Gasteiger partial charge in [-0.2, -0.15) is 5.26 Å². The second-order valence-electron chi connectivity index (χ2n) is 5.05. The van der Waals surface area contributed by atoms with Gasteiger partial charge in [-0.15, -0.1) is 0 Å². The fraction of sp³-hybridized carbons (Fsp3) is 0.500. The van der Waals surface area contributed by atoms with E-state index in [1.165, 1.54) is 12.3 Å². The Bertz CT molecular complexity index is 1080. The van der Waals surface area contributed by atoms with Gasteiger partial charge in [0.25, 0.3) is 0 Å². The fourth-order valence-electron chi connectivity index (χ4n) is 2.46. The Morgan fingerprint density at radius 1 is 1.74 bits per heavy atom. The predicted octanol–water partition coefficient (Wildman–Crippen LogP) is 1.54. The van der Waals surface area contributed by atoms with Crippen LogP contribution in [0.1, 0.15) is 32.0 Å².